The molecule has 1 aliphatic carbocycles. The molecule has 0 aromatic carbocycles. The lowest BCUT2D eigenvalue weighted by molar-refractivity contribution is -0.182. The van der Waals surface area contributed by atoms with E-state index in [-0.39, 0.29) is 23.5 Å². The van der Waals surface area contributed by atoms with Crippen molar-refractivity contribution in [3.63, 3.8) is 0 Å². The number of hydrogen-bond donors (Lipinski definition) is 1. The summed E-state index contributed by atoms with van der Waals surface area (Å²) < 4.78 is 10.4. The Hall–Kier alpha value is -0.610. The van der Waals surface area contributed by atoms with Gasteiger partial charge in [0, 0.05) is 12.6 Å². The van der Waals surface area contributed by atoms with Gasteiger partial charge < -0.3 is 15.2 Å². The zero-order valence-electron chi connectivity index (χ0n) is 8.49. The minimum absolute atomic E-state index is 0.0327. The topological polar surface area (TPSA) is 61.5 Å². The molecule has 0 aromatic heterocycles. The Kier molecular flexibility index (Phi) is 2.49. The smallest absolute Gasteiger partial charge is 0.308 e. The van der Waals surface area contributed by atoms with Crippen molar-refractivity contribution < 1.29 is 14.3 Å². The summed E-state index contributed by atoms with van der Waals surface area (Å²) in [5, 5.41) is 0. The van der Waals surface area contributed by atoms with E-state index in [4.69, 9.17) is 10.5 Å². The van der Waals surface area contributed by atoms with Crippen LogP contribution in [0, 0.1) is 5.92 Å². The molecule has 4 nitrogen and oxygen atoms in total. The molecule has 0 aromatic rings. The lowest BCUT2D eigenvalue weighted by Crippen LogP contribution is -2.55. The molecule has 2 rings (SSSR count). The maximum absolute atomic E-state index is 11.2. The van der Waals surface area contributed by atoms with E-state index >= 15 is 0 Å². The van der Waals surface area contributed by atoms with Crippen molar-refractivity contribution in [2.45, 2.75) is 37.3 Å². The van der Waals surface area contributed by atoms with Crippen molar-refractivity contribution >= 4 is 5.97 Å². The maximum atomic E-state index is 11.2. The molecule has 80 valence electrons. The van der Waals surface area contributed by atoms with Gasteiger partial charge >= 0.3 is 5.97 Å². The maximum Gasteiger partial charge on any atom is 0.308 e. The predicted molar refractivity (Wildman–Crippen MR) is 50.6 cm³/mol. The normalized spacial score (nSPS) is 41.9. The van der Waals surface area contributed by atoms with Gasteiger partial charge in [0.2, 0.25) is 0 Å². The van der Waals surface area contributed by atoms with E-state index in [1.807, 2.05) is 0 Å². The van der Waals surface area contributed by atoms with Gasteiger partial charge in [0.25, 0.3) is 0 Å². The fourth-order valence-electron chi connectivity index (χ4n) is 2.52. The number of rotatable bonds is 1. The minimum atomic E-state index is -0.113. The highest BCUT2D eigenvalue weighted by molar-refractivity contribution is 5.73. The zero-order chi connectivity index (χ0) is 10.2. The monoisotopic (exact) mass is 199 g/mol. The summed E-state index contributed by atoms with van der Waals surface area (Å²) in [6.45, 7) is 0.731. The Morgan fingerprint density at radius 2 is 2.21 bits per heavy atom. The first-order valence-electron chi connectivity index (χ1n) is 5.12. The van der Waals surface area contributed by atoms with Crippen molar-refractivity contribution in [2.75, 3.05) is 13.7 Å². The number of ether oxygens (including phenoxy) is 2. The number of methoxy groups -OCH3 is 1. The molecule has 1 atom stereocenters. The van der Waals surface area contributed by atoms with Gasteiger partial charge in [0.1, 0.15) is 0 Å². The summed E-state index contributed by atoms with van der Waals surface area (Å²) in [5.74, 6) is -0.0799. The molecule has 0 radical (unpaired) electrons. The largest absolute Gasteiger partial charge is 0.469 e. The molecule has 2 aliphatic rings. The summed E-state index contributed by atoms with van der Waals surface area (Å²) in [4.78, 5) is 11.2. The second-order valence-electron chi connectivity index (χ2n) is 4.41. The number of carbonyl (C=O) groups excluding carboxylic acids is 1. The molecule has 1 unspecified atom stereocenters. The van der Waals surface area contributed by atoms with Crippen LogP contribution in [0.1, 0.15) is 25.7 Å². The van der Waals surface area contributed by atoms with E-state index in [1.165, 1.54) is 7.11 Å². The van der Waals surface area contributed by atoms with Crippen LogP contribution in [0.25, 0.3) is 0 Å². The van der Waals surface area contributed by atoms with Gasteiger partial charge in [-0.05, 0) is 25.7 Å². The molecule has 1 saturated carbocycles. The number of hydrogen-bond acceptors (Lipinski definition) is 4. The third kappa shape index (κ3) is 1.64. The average molecular weight is 199 g/mol. The quantitative estimate of drug-likeness (QED) is 0.623. The van der Waals surface area contributed by atoms with Gasteiger partial charge in [-0.3, -0.25) is 4.79 Å². The van der Waals surface area contributed by atoms with E-state index < -0.39 is 0 Å². The molecule has 0 amide bonds. The Labute approximate surface area is 83.7 Å². The van der Waals surface area contributed by atoms with Gasteiger partial charge in [-0.1, -0.05) is 0 Å². The lowest BCUT2D eigenvalue weighted by Gasteiger charge is -2.49. The van der Waals surface area contributed by atoms with E-state index in [1.54, 1.807) is 0 Å². The van der Waals surface area contributed by atoms with Gasteiger partial charge in [0.15, 0.2) is 0 Å². The van der Waals surface area contributed by atoms with Crippen molar-refractivity contribution in [3.8, 4) is 0 Å². The second kappa shape index (κ2) is 3.51. The summed E-state index contributed by atoms with van der Waals surface area (Å²) in [5.41, 5.74) is 5.78. The van der Waals surface area contributed by atoms with Crippen LogP contribution in [0.4, 0.5) is 0 Å². The van der Waals surface area contributed by atoms with Crippen LogP contribution in [0.2, 0.25) is 0 Å². The summed E-state index contributed by atoms with van der Waals surface area (Å²) in [7, 11) is 1.43. The standard InChI is InChI=1S/C10H17NO3/c1-13-9(12)7-4-10(5-7)6-8(11)2-3-14-10/h7-8H,2-6,11H2,1H3. The minimum Gasteiger partial charge on any atom is -0.469 e. The van der Waals surface area contributed by atoms with Crippen molar-refractivity contribution in [1.82, 2.24) is 0 Å². The van der Waals surface area contributed by atoms with Gasteiger partial charge in [-0.2, -0.15) is 0 Å². The van der Waals surface area contributed by atoms with Crippen molar-refractivity contribution in [1.29, 1.82) is 0 Å². The first kappa shape index (κ1) is 9.93. The second-order valence-corrected chi connectivity index (χ2v) is 4.41. The van der Waals surface area contributed by atoms with Crippen LogP contribution in [0.3, 0.4) is 0 Å². The molecular weight excluding hydrogens is 182 g/mol. The summed E-state index contributed by atoms with van der Waals surface area (Å²) in [6, 6.07) is 0.238. The fourth-order valence-corrected chi connectivity index (χ4v) is 2.52. The Morgan fingerprint density at radius 3 is 2.79 bits per heavy atom. The van der Waals surface area contributed by atoms with Crippen LogP contribution in [-0.4, -0.2) is 31.3 Å². The van der Waals surface area contributed by atoms with E-state index in [2.05, 4.69) is 4.74 Å². The molecule has 14 heavy (non-hydrogen) atoms. The SMILES string of the molecule is COC(=O)C1CC2(CC(N)CCO2)C1. The van der Waals surface area contributed by atoms with Crippen molar-refractivity contribution in [3.05, 3.63) is 0 Å². The highest BCUT2D eigenvalue weighted by Crippen LogP contribution is 2.46. The van der Waals surface area contributed by atoms with Crippen LogP contribution >= 0.6 is 0 Å². The Morgan fingerprint density at radius 1 is 1.50 bits per heavy atom. The third-order valence-electron chi connectivity index (χ3n) is 3.30. The highest BCUT2D eigenvalue weighted by atomic mass is 16.5. The zero-order valence-corrected chi connectivity index (χ0v) is 8.49. The van der Waals surface area contributed by atoms with E-state index in [9.17, 15) is 4.79 Å². The molecule has 1 heterocycles. The highest BCUT2D eigenvalue weighted by Gasteiger charge is 2.50. The number of nitrogens with two attached hydrogens (primary N) is 1. The van der Waals surface area contributed by atoms with E-state index in [0.29, 0.717) is 0 Å². The Bertz CT molecular complexity index is 236. The number of esters is 1. The molecule has 4 heteroatoms. The summed E-state index contributed by atoms with van der Waals surface area (Å²) >= 11 is 0. The van der Waals surface area contributed by atoms with Gasteiger partial charge in [0.05, 0.1) is 18.6 Å². The molecule has 1 spiro atoms. The van der Waals surface area contributed by atoms with Gasteiger partial charge in [-0.15, -0.1) is 0 Å². The molecular formula is C10H17NO3. The first-order chi connectivity index (χ1) is 6.65. The Balaban J connectivity index is 1.88. The molecule has 0 bridgehead atoms. The van der Waals surface area contributed by atoms with Crippen LogP contribution in [0.15, 0.2) is 0 Å². The van der Waals surface area contributed by atoms with Crippen LogP contribution in [0.5, 0.6) is 0 Å². The first-order valence-corrected chi connectivity index (χ1v) is 5.12. The van der Waals surface area contributed by atoms with Crippen LogP contribution in [-0.2, 0) is 14.3 Å². The average Bonchev–Trinajstić information content (AvgIpc) is 2.13. The van der Waals surface area contributed by atoms with Gasteiger partial charge in [-0.25, -0.2) is 0 Å². The molecule has 2 N–H and O–H groups in total. The predicted octanol–water partition coefficient (Wildman–Crippen LogP) is 0.446. The lowest BCUT2D eigenvalue weighted by atomic mass is 9.67. The fraction of sp³-hybridized carbons (Fsp3) is 0.900. The molecule has 2 fully saturated rings. The summed E-state index contributed by atoms with van der Waals surface area (Å²) in [6.07, 6.45) is 3.39. The number of carbonyl (C=O) groups is 1. The van der Waals surface area contributed by atoms with Crippen molar-refractivity contribution in [2.24, 2.45) is 11.7 Å². The third-order valence-corrected chi connectivity index (χ3v) is 3.30. The van der Waals surface area contributed by atoms with Crippen LogP contribution < -0.4 is 5.73 Å². The van der Waals surface area contributed by atoms with E-state index in [0.717, 1.165) is 32.3 Å². The molecule has 1 saturated heterocycles. The molecule has 1 aliphatic heterocycles.